The maximum absolute atomic E-state index is 13.4. The van der Waals surface area contributed by atoms with Crippen LogP contribution >= 0.6 is 11.6 Å². The van der Waals surface area contributed by atoms with Crippen LogP contribution < -0.4 is 4.90 Å². The highest BCUT2D eigenvalue weighted by Crippen LogP contribution is 2.48. The normalized spacial score (nSPS) is 29.2. The number of Topliss-reactive ketones (excluding diaryl/α,β-unsaturated/α-hetero) is 1. The first-order valence-corrected chi connectivity index (χ1v) is 9.94. The van der Waals surface area contributed by atoms with Gasteiger partial charge in [-0.3, -0.25) is 19.3 Å². The van der Waals surface area contributed by atoms with Gasteiger partial charge in [-0.05, 0) is 43.7 Å². The van der Waals surface area contributed by atoms with Gasteiger partial charge in [0.1, 0.15) is 0 Å². The van der Waals surface area contributed by atoms with Crippen molar-refractivity contribution in [3.8, 4) is 0 Å². The van der Waals surface area contributed by atoms with Crippen LogP contribution in [0, 0.1) is 11.8 Å². The standard InChI is InChI=1S/C22H19ClN2O3/c23-14-8-10-15(11-9-14)25-21(27)17-16-7-4-12-24(16)19(18(17)22(25)28)20(26)13-5-2-1-3-6-13/h1-3,5-6,8-11,16-19H,4,7,12H2/t16-,17+,18-,19+/m1/s1. The van der Waals surface area contributed by atoms with Crippen molar-refractivity contribution in [2.45, 2.75) is 24.9 Å². The molecule has 3 saturated heterocycles. The Morgan fingerprint density at radius 3 is 2.32 bits per heavy atom. The molecule has 3 heterocycles. The van der Waals surface area contributed by atoms with E-state index in [-0.39, 0.29) is 23.6 Å². The number of fused-ring (bicyclic) bond motifs is 3. The second kappa shape index (κ2) is 6.54. The summed E-state index contributed by atoms with van der Waals surface area (Å²) in [6.07, 6.45) is 1.78. The summed E-state index contributed by atoms with van der Waals surface area (Å²) in [6, 6.07) is 15.1. The SMILES string of the molecule is O=C(c1ccccc1)[C@@H]1[C@@H]2C(=O)N(c3ccc(Cl)cc3)C(=O)[C@H]2[C@H]2CCCN21. The summed E-state index contributed by atoms with van der Waals surface area (Å²) < 4.78 is 0. The molecule has 0 aliphatic carbocycles. The number of ketones is 1. The number of halogens is 1. The maximum atomic E-state index is 13.4. The minimum absolute atomic E-state index is 0.0450. The van der Waals surface area contributed by atoms with Gasteiger partial charge in [0, 0.05) is 16.6 Å². The third-order valence-electron chi connectivity index (χ3n) is 6.26. The summed E-state index contributed by atoms with van der Waals surface area (Å²) in [4.78, 5) is 43.3. The van der Waals surface area contributed by atoms with Crippen LogP contribution in [0.3, 0.4) is 0 Å². The van der Waals surface area contributed by atoms with Crippen molar-refractivity contribution in [1.82, 2.24) is 4.90 Å². The molecule has 0 aromatic heterocycles. The molecule has 6 heteroatoms. The van der Waals surface area contributed by atoms with Crippen molar-refractivity contribution in [2.75, 3.05) is 11.4 Å². The molecule has 3 aliphatic rings. The van der Waals surface area contributed by atoms with Gasteiger partial charge in [0.15, 0.2) is 5.78 Å². The number of amides is 2. The molecule has 142 valence electrons. The predicted octanol–water partition coefficient (Wildman–Crippen LogP) is 3.18. The van der Waals surface area contributed by atoms with Gasteiger partial charge in [0.25, 0.3) is 0 Å². The Bertz CT molecular complexity index is 960. The molecule has 0 spiro atoms. The molecule has 0 saturated carbocycles. The number of hydrogen-bond donors (Lipinski definition) is 0. The fraction of sp³-hybridized carbons (Fsp3) is 0.318. The number of carbonyl (C=O) groups excluding carboxylic acids is 3. The number of imide groups is 1. The van der Waals surface area contributed by atoms with Gasteiger partial charge in [-0.15, -0.1) is 0 Å². The second-order valence-corrected chi connectivity index (χ2v) is 8.10. The number of anilines is 1. The molecule has 0 N–H and O–H groups in total. The van der Waals surface area contributed by atoms with Gasteiger partial charge in [-0.25, -0.2) is 4.90 Å². The summed E-state index contributed by atoms with van der Waals surface area (Å²) in [6.45, 7) is 0.752. The van der Waals surface area contributed by atoms with E-state index < -0.39 is 17.9 Å². The van der Waals surface area contributed by atoms with E-state index in [1.165, 1.54) is 4.90 Å². The maximum Gasteiger partial charge on any atom is 0.239 e. The van der Waals surface area contributed by atoms with Crippen LogP contribution in [-0.4, -0.2) is 41.1 Å². The van der Waals surface area contributed by atoms with Crippen molar-refractivity contribution in [3.63, 3.8) is 0 Å². The first-order chi connectivity index (χ1) is 13.6. The number of benzene rings is 2. The largest absolute Gasteiger partial charge is 0.292 e. The van der Waals surface area contributed by atoms with Crippen LogP contribution in [0.25, 0.3) is 0 Å². The van der Waals surface area contributed by atoms with Crippen molar-refractivity contribution in [2.24, 2.45) is 11.8 Å². The summed E-state index contributed by atoms with van der Waals surface area (Å²) in [5.41, 5.74) is 1.10. The van der Waals surface area contributed by atoms with Gasteiger partial charge < -0.3 is 0 Å². The van der Waals surface area contributed by atoms with Gasteiger partial charge in [-0.1, -0.05) is 41.9 Å². The smallest absolute Gasteiger partial charge is 0.239 e. The fourth-order valence-electron chi connectivity index (χ4n) is 5.13. The first kappa shape index (κ1) is 17.6. The number of carbonyl (C=O) groups is 3. The van der Waals surface area contributed by atoms with Gasteiger partial charge in [0.2, 0.25) is 11.8 Å². The quantitative estimate of drug-likeness (QED) is 0.592. The zero-order valence-electron chi connectivity index (χ0n) is 15.1. The minimum Gasteiger partial charge on any atom is -0.292 e. The van der Waals surface area contributed by atoms with Crippen LogP contribution in [0.1, 0.15) is 23.2 Å². The van der Waals surface area contributed by atoms with E-state index in [0.29, 0.717) is 16.3 Å². The molecule has 3 fully saturated rings. The van der Waals surface area contributed by atoms with Crippen LogP contribution in [0.5, 0.6) is 0 Å². The lowest BCUT2D eigenvalue weighted by atomic mass is 9.85. The number of nitrogens with zero attached hydrogens (tertiary/aromatic N) is 2. The van der Waals surface area contributed by atoms with Gasteiger partial charge >= 0.3 is 0 Å². The summed E-state index contributed by atoms with van der Waals surface area (Å²) in [7, 11) is 0. The highest BCUT2D eigenvalue weighted by Gasteiger charge is 2.64. The molecule has 5 rings (SSSR count). The average molecular weight is 395 g/mol. The lowest BCUT2D eigenvalue weighted by Crippen LogP contribution is -2.46. The highest BCUT2D eigenvalue weighted by molar-refractivity contribution is 6.31. The third-order valence-corrected chi connectivity index (χ3v) is 6.52. The van der Waals surface area contributed by atoms with Gasteiger partial charge in [-0.2, -0.15) is 0 Å². The van der Waals surface area contributed by atoms with E-state index in [0.717, 1.165) is 19.4 Å². The third kappa shape index (κ3) is 2.46. The molecule has 2 amide bonds. The topological polar surface area (TPSA) is 57.7 Å². The second-order valence-electron chi connectivity index (χ2n) is 7.66. The first-order valence-electron chi connectivity index (χ1n) is 9.56. The fourth-order valence-corrected chi connectivity index (χ4v) is 5.26. The van der Waals surface area contributed by atoms with Crippen molar-refractivity contribution in [3.05, 3.63) is 65.2 Å². The van der Waals surface area contributed by atoms with Crippen LogP contribution in [0.15, 0.2) is 54.6 Å². The van der Waals surface area contributed by atoms with Crippen molar-refractivity contribution >= 4 is 34.9 Å². The number of rotatable bonds is 3. The molecule has 3 aliphatic heterocycles. The molecule has 28 heavy (non-hydrogen) atoms. The van der Waals surface area contributed by atoms with Gasteiger partial charge in [0.05, 0.1) is 23.6 Å². The highest BCUT2D eigenvalue weighted by atomic mass is 35.5. The Labute approximate surface area is 167 Å². The van der Waals surface area contributed by atoms with Crippen LogP contribution in [-0.2, 0) is 9.59 Å². The molecule has 0 bridgehead atoms. The molecule has 5 nitrogen and oxygen atoms in total. The minimum atomic E-state index is -0.624. The van der Waals surface area contributed by atoms with E-state index in [9.17, 15) is 14.4 Å². The molecule has 2 aromatic rings. The average Bonchev–Trinajstić information content (AvgIpc) is 3.35. The summed E-state index contributed by atoms with van der Waals surface area (Å²) in [5, 5.41) is 0.544. The van der Waals surface area contributed by atoms with Crippen LogP contribution in [0.4, 0.5) is 5.69 Å². The molecular weight excluding hydrogens is 376 g/mol. The van der Waals surface area contributed by atoms with E-state index in [1.807, 2.05) is 18.2 Å². The van der Waals surface area contributed by atoms with Crippen molar-refractivity contribution < 1.29 is 14.4 Å². The summed E-state index contributed by atoms with van der Waals surface area (Å²) in [5.74, 6) is -1.62. The Morgan fingerprint density at radius 2 is 1.61 bits per heavy atom. The zero-order chi connectivity index (χ0) is 19.4. The van der Waals surface area contributed by atoms with E-state index in [1.54, 1.807) is 36.4 Å². The Morgan fingerprint density at radius 1 is 0.929 bits per heavy atom. The van der Waals surface area contributed by atoms with Crippen molar-refractivity contribution in [1.29, 1.82) is 0 Å². The number of hydrogen-bond acceptors (Lipinski definition) is 4. The molecule has 0 unspecified atom stereocenters. The lowest BCUT2D eigenvalue weighted by molar-refractivity contribution is -0.123. The zero-order valence-corrected chi connectivity index (χ0v) is 15.9. The Kier molecular flexibility index (Phi) is 4.11. The molecule has 0 radical (unpaired) electrons. The Balaban J connectivity index is 1.55. The van der Waals surface area contributed by atoms with E-state index in [2.05, 4.69) is 4.90 Å². The molecule has 2 aromatic carbocycles. The Hall–Kier alpha value is -2.50. The van der Waals surface area contributed by atoms with Crippen LogP contribution in [0.2, 0.25) is 5.02 Å². The lowest BCUT2D eigenvalue weighted by Gasteiger charge is -2.27. The van der Waals surface area contributed by atoms with E-state index >= 15 is 0 Å². The summed E-state index contributed by atoms with van der Waals surface area (Å²) >= 11 is 5.95. The predicted molar refractivity (Wildman–Crippen MR) is 105 cm³/mol. The monoisotopic (exact) mass is 394 g/mol. The molecular formula is C22H19ClN2O3. The molecule has 4 atom stereocenters. The van der Waals surface area contributed by atoms with E-state index in [4.69, 9.17) is 11.6 Å².